The Labute approximate surface area is 118 Å². The molecule has 0 saturated carbocycles. The lowest BCUT2D eigenvalue weighted by Gasteiger charge is -2.25. The fourth-order valence-electron chi connectivity index (χ4n) is 2.70. The highest BCUT2D eigenvalue weighted by Crippen LogP contribution is 2.33. The Morgan fingerprint density at radius 3 is 2.65 bits per heavy atom. The predicted molar refractivity (Wildman–Crippen MR) is 79.2 cm³/mol. The number of halogens is 1. The number of carbonyl (C=O) groups is 1. The number of rotatable bonds is 2. The smallest absolute Gasteiger partial charge is 0.250 e. The Kier molecular flexibility index (Phi) is 3.88. The Balaban J connectivity index is 2.32. The number of amides is 1. The molecule has 1 amide bonds. The Morgan fingerprint density at radius 2 is 2.00 bits per heavy atom. The number of anilines is 2. The molecule has 0 atom stereocenters. The summed E-state index contributed by atoms with van der Waals surface area (Å²) >= 11 is 0. The van der Waals surface area contributed by atoms with E-state index in [4.69, 9.17) is 11.5 Å². The molecule has 0 unspecified atom stereocenters. The highest BCUT2D eigenvalue weighted by Gasteiger charge is 2.25. The van der Waals surface area contributed by atoms with E-state index in [0.717, 1.165) is 32.4 Å². The van der Waals surface area contributed by atoms with E-state index in [1.54, 1.807) is 0 Å². The van der Waals surface area contributed by atoms with Gasteiger partial charge in [0.25, 0.3) is 5.91 Å². The molecule has 110 valence electrons. The van der Waals surface area contributed by atoms with E-state index < -0.39 is 11.7 Å². The minimum atomic E-state index is -0.626. The van der Waals surface area contributed by atoms with E-state index in [2.05, 4.69) is 13.8 Å². The summed E-state index contributed by atoms with van der Waals surface area (Å²) < 4.78 is 14.1. The van der Waals surface area contributed by atoms with E-state index >= 15 is 0 Å². The van der Waals surface area contributed by atoms with Gasteiger partial charge in [0.05, 0.1) is 11.3 Å². The number of hydrogen-bond acceptors (Lipinski definition) is 3. The highest BCUT2D eigenvalue weighted by molar-refractivity contribution is 5.99. The first-order valence-corrected chi connectivity index (χ1v) is 6.94. The first kappa shape index (κ1) is 14.6. The van der Waals surface area contributed by atoms with Gasteiger partial charge in [-0.3, -0.25) is 4.79 Å². The van der Waals surface area contributed by atoms with Crippen LogP contribution in [0.5, 0.6) is 0 Å². The van der Waals surface area contributed by atoms with Crippen molar-refractivity contribution >= 4 is 17.3 Å². The fourth-order valence-corrected chi connectivity index (χ4v) is 2.70. The molecule has 0 spiro atoms. The Bertz CT molecular complexity index is 528. The third-order valence-electron chi connectivity index (χ3n) is 4.07. The van der Waals surface area contributed by atoms with E-state index in [9.17, 15) is 9.18 Å². The molecule has 5 heteroatoms. The maximum Gasteiger partial charge on any atom is 0.250 e. The fraction of sp³-hybridized carbons (Fsp3) is 0.533. The second kappa shape index (κ2) is 5.31. The Hall–Kier alpha value is -1.78. The number of benzene rings is 1. The largest absolute Gasteiger partial charge is 0.398 e. The maximum absolute atomic E-state index is 14.1. The number of nitrogens with two attached hydrogens (primary N) is 2. The van der Waals surface area contributed by atoms with Crippen LogP contribution in [-0.4, -0.2) is 19.0 Å². The monoisotopic (exact) mass is 279 g/mol. The van der Waals surface area contributed by atoms with Gasteiger partial charge in [0.15, 0.2) is 0 Å². The molecule has 1 aromatic rings. The van der Waals surface area contributed by atoms with Crippen LogP contribution in [0, 0.1) is 11.2 Å². The summed E-state index contributed by atoms with van der Waals surface area (Å²) in [6.07, 6.45) is 3.11. The van der Waals surface area contributed by atoms with Crippen LogP contribution in [0.15, 0.2) is 12.1 Å². The van der Waals surface area contributed by atoms with Gasteiger partial charge in [-0.25, -0.2) is 4.39 Å². The van der Waals surface area contributed by atoms with Gasteiger partial charge in [-0.1, -0.05) is 13.8 Å². The second-order valence-electron chi connectivity index (χ2n) is 6.26. The molecule has 1 saturated heterocycles. The molecule has 1 heterocycles. The number of nitrogens with zero attached hydrogens (tertiary/aromatic N) is 1. The molecule has 1 aliphatic rings. The van der Waals surface area contributed by atoms with Crippen molar-refractivity contribution in [3.8, 4) is 0 Å². The summed E-state index contributed by atoms with van der Waals surface area (Å²) in [6, 6.07) is 2.66. The lowest BCUT2D eigenvalue weighted by atomic mass is 9.85. The van der Waals surface area contributed by atoms with Crippen molar-refractivity contribution in [3.05, 3.63) is 23.5 Å². The summed E-state index contributed by atoms with van der Waals surface area (Å²) in [5.74, 6) is -1.02. The maximum atomic E-state index is 14.1. The third kappa shape index (κ3) is 3.03. The first-order chi connectivity index (χ1) is 9.30. The zero-order valence-corrected chi connectivity index (χ0v) is 12.1. The van der Waals surface area contributed by atoms with Crippen molar-refractivity contribution in [2.75, 3.05) is 23.7 Å². The van der Waals surface area contributed by atoms with Gasteiger partial charge in [-0.2, -0.15) is 0 Å². The molecule has 0 radical (unpaired) electrons. The second-order valence-corrected chi connectivity index (χ2v) is 6.26. The number of nitrogen functional groups attached to an aromatic ring is 1. The van der Waals surface area contributed by atoms with Crippen molar-refractivity contribution in [1.29, 1.82) is 0 Å². The van der Waals surface area contributed by atoms with Crippen LogP contribution in [-0.2, 0) is 0 Å². The summed E-state index contributed by atoms with van der Waals surface area (Å²) in [5, 5.41) is 0. The van der Waals surface area contributed by atoms with E-state index in [1.165, 1.54) is 12.1 Å². The Morgan fingerprint density at radius 1 is 1.30 bits per heavy atom. The molecule has 4 nitrogen and oxygen atoms in total. The van der Waals surface area contributed by atoms with Crippen molar-refractivity contribution in [2.45, 2.75) is 33.1 Å². The van der Waals surface area contributed by atoms with Crippen LogP contribution in [0.3, 0.4) is 0 Å². The highest BCUT2D eigenvalue weighted by atomic mass is 19.1. The molecular formula is C15H22FN3O. The van der Waals surface area contributed by atoms with Crippen LogP contribution in [0.1, 0.15) is 43.5 Å². The number of hydrogen-bond donors (Lipinski definition) is 2. The molecule has 2 rings (SSSR count). The molecule has 1 fully saturated rings. The molecule has 20 heavy (non-hydrogen) atoms. The van der Waals surface area contributed by atoms with Gasteiger partial charge in [-0.05, 0) is 36.8 Å². The van der Waals surface area contributed by atoms with Gasteiger partial charge in [0.2, 0.25) is 0 Å². The van der Waals surface area contributed by atoms with Crippen LogP contribution >= 0.6 is 0 Å². The van der Waals surface area contributed by atoms with E-state index in [0.29, 0.717) is 5.69 Å². The SMILES string of the molecule is CC1(C)CCCN(c2cc(C(N)=O)c(N)cc2F)CC1. The lowest BCUT2D eigenvalue weighted by Crippen LogP contribution is -2.27. The lowest BCUT2D eigenvalue weighted by molar-refractivity contribution is 0.100. The topological polar surface area (TPSA) is 72.3 Å². The van der Waals surface area contributed by atoms with Crippen LogP contribution in [0.4, 0.5) is 15.8 Å². The van der Waals surface area contributed by atoms with Crippen LogP contribution in [0.25, 0.3) is 0 Å². The van der Waals surface area contributed by atoms with Crippen LogP contribution < -0.4 is 16.4 Å². The van der Waals surface area contributed by atoms with Crippen molar-refractivity contribution < 1.29 is 9.18 Å². The zero-order chi connectivity index (χ0) is 14.9. The van der Waals surface area contributed by atoms with Gasteiger partial charge in [-0.15, -0.1) is 0 Å². The quantitative estimate of drug-likeness (QED) is 0.817. The minimum absolute atomic E-state index is 0.0916. The molecule has 1 aromatic carbocycles. The van der Waals surface area contributed by atoms with Crippen LogP contribution in [0.2, 0.25) is 0 Å². The molecule has 0 bridgehead atoms. The summed E-state index contributed by atoms with van der Waals surface area (Å²) in [7, 11) is 0. The number of carbonyl (C=O) groups excluding carboxylic acids is 1. The van der Waals surface area contributed by atoms with Gasteiger partial charge < -0.3 is 16.4 Å². The molecular weight excluding hydrogens is 257 g/mol. The molecule has 0 aromatic heterocycles. The predicted octanol–water partition coefficient (Wildman–Crippen LogP) is 2.52. The van der Waals surface area contributed by atoms with Crippen molar-refractivity contribution in [3.63, 3.8) is 0 Å². The molecule has 1 aliphatic heterocycles. The first-order valence-electron chi connectivity index (χ1n) is 6.94. The zero-order valence-electron chi connectivity index (χ0n) is 12.1. The van der Waals surface area contributed by atoms with Crippen molar-refractivity contribution in [2.24, 2.45) is 11.1 Å². The van der Waals surface area contributed by atoms with E-state index in [1.807, 2.05) is 4.90 Å². The minimum Gasteiger partial charge on any atom is -0.398 e. The average molecular weight is 279 g/mol. The van der Waals surface area contributed by atoms with Gasteiger partial charge in [0.1, 0.15) is 5.82 Å². The molecule has 0 aliphatic carbocycles. The summed E-state index contributed by atoms with van der Waals surface area (Å²) in [5.41, 5.74) is 11.9. The van der Waals surface area contributed by atoms with Gasteiger partial charge in [0, 0.05) is 18.8 Å². The third-order valence-corrected chi connectivity index (χ3v) is 4.07. The normalized spacial score (nSPS) is 18.6. The summed E-state index contributed by atoms with van der Waals surface area (Å²) in [6.45, 7) is 6.00. The molecule has 4 N–H and O–H groups in total. The number of primary amides is 1. The standard InChI is InChI=1S/C15H22FN3O/c1-15(2)4-3-6-19(7-5-15)13-8-10(14(18)20)12(17)9-11(13)16/h8-9H,3-7,17H2,1-2H3,(H2,18,20). The average Bonchev–Trinajstić information content (AvgIpc) is 2.50. The van der Waals surface area contributed by atoms with E-state index in [-0.39, 0.29) is 16.7 Å². The van der Waals surface area contributed by atoms with Crippen molar-refractivity contribution in [1.82, 2.24) is 0 Å². The van der Waals surface area contributed by atoms with Gasteiger partial charge >= 0.3 is 0 Å². The summed E-state index contributed by atoms with van der Waals surface area (Å²) in [4.78, 5) is 13.3.